The molecule has 10 heteroatoms. The fourth-order valence-electron chi connectivity index (χ4n) is 5.33. The maximum absolute atomic E-state index is 13.7. The third-order valence-corrected chi connectivity index (χ3v) is 7.54. The lowest BCUT2D eigenvalue weighted by molar-refractivity contribution is -0.138. The first-order valence-corrected chi connectivity index (χ1v) is 13.9. The number of H-pyrrole nitrogens is 1. The molecular formula is C33H28F3N5O2. The summed E-state index contributed by atoms with van der Waals surface area (Å²) in [5, 5.41) is 4.28. The Morgan fingerprint density at radius 2 is 1.37 bits per heavy atom. The minimum Gasteiger partial charge on any atom is -0.349 e. The van der Waals surface area contributed by atoms with Crippen LogP contribution in [0.3, 0.4) is 0 Å². The van der Waals surface area contributed by atoms with E-state index in [4.69, 9.17) is 0 Å². The van der Waals surface area contributed by atoms with Crippen molar-refractivity contribution >= 4 is 11.0 Å². The number of benzene rings is 3. The number of hydrogen-bond acceptors (Lipinski definition) is 3. The van der Waals surface area contributed by atoms with Gasteiger partial charge in [-0.25, -0.2) is 4.79 Å². The SMILES string of the molecule is O=c1c2[nH]c(-c3cnn(Cc4ccccc4C(F)(F)F)c3)cc2n(CCc2ccccc2)c(=O)n1CCc1ccccc1. The van der Waals surface area contributed by atoms with Gasteiger partial charge < -0.3 is 4.98 Å². The topological polar surface area (TPSA) is 77.6 Å². The van der Waals surface area contributed by atoms with Crippen molar-refractivity contribution in [1.29, 1.82) is 0 Å². The monoisotopic (exact) mass is 583 g/mol. The van der Waals surface area contributed by atoms with Crippen molar-refractivity contribution < 1.29 is 13.2 Å². The number of rotatable bonds is 9. The molecule has 218 valence electrons. The van der Waals surface area contributed by atoms with Gasteiger partial charge in [-0.1, -0.05) is 78.9 Å². The van der Waals surface area contributed by atoms with Crippen LogP contribution < -0.4 is 11.2 Å². The number of fused-ring (bicyclic) bond motifs is 1. The van der Waals surface area contributed by atoms with Gasteiger partial charge in [-0.15, -0.1) is 0 Å². The van der Waals surface area contributed by atoms with E-state index in [-0.39, 0.29) is 24.2 Å². The van der Waals surface area contributed by atoms with Gasteiger partial charge in [0.25, 0.3) is 5.56 Å². The van der Waals surface area contributed by atoms with Crippen molar-refractivity contribution in [2.75, 3.05) is 0 Å². The summed E-state index contributed by atoms with van der Waals surface area (Å²) in [6.07, 6.45) is -0.225. The van der Waals surface area contributed by atoms with Crippen LogP contribution >= 0.6 is 0 Å². The third-order valence-electron chi connectivity index (χ3n) is 7.54. The fraction of sp³-hybridized carbons (Fsp3) is 0.182. The molecular weight excluding hydrogens is 555 g/mol. The number of hydrogen-bond donors (Lipinski definition) is 1. The van der Waals surface area contributed by atoms with Crippen LogP contribution in [-0.4, -0.2) is 23.9 Å². The van der Waals surface area contributed by atoms with E-state index in [0.717, 1.165) is 17.2 Å². The van der Waals surface area contributed by atoms with Gasteiger partial charge >= 0.3 is 11.9 Å². The van der Waals surface area contributed by atoms with Crippen molar-refractivity contribution in [3.63, 3.8) is 0 Å². The zero-order valence-corrected chi connectivity index (χ0v) is 23.1. The number of alkyl halides is 3. The van der Waals surface area contributed by atoms with Crippen LogP contribution in [0.5, 0.6) is 0 Å². The molecule has 6 aromatic rings. The highest BCUT2D eigenvalue weighted by atomic mass is 19.4. The zero-order valence-electron chi connectivity index (χ0n) is 23.1. The molecule has 0 saturated carbocycles. The van der Waals surface area contributed by atoms with E-state index in [9.17, 15) is 22.8 Å². The largest absolute Gasteiger partial charge is 0.416 e. The Morgan fingerprint density at radius 1 is 0.767 bits per heavy atom. The zero-order chi connectivity index (χ0) is 30.0. The van der Waals surface area contributed by atoms with E-state index in [0.29, 0.717) is 36.2 Å². The average molecular weight is 584 g/mol. The summed E-state index contributed by atoms with van der Waals surface area (Å²) in [6, 6.07) is 26.6. The average Bonchev–Trinajstić information content (AvgIpc) is 3.66. The molecule has 0 bridgehead atoms. The standard InChI is InChI=1S/C33H28F3N5O2/c34-33(35,36)27-14-8-7-13-25(27)21-39-22-26(20-37-39)28-19-29-30(38-28)31(42)41(18-16-24-11-5-2-6-12-24)32(43)40(29)17-15-23-9-3-1-4-10-23/h1-14,19-20,22,38H,15-18,21H2. The Hall–Kier alpha value is -5.12. The first-order chi connectivity index (χ1) is 20.8. The molecule has 0 aliphatic rings. The van der Waals surface area contributed by atoms with Gasteiger partial charge in [-0.05, 0) is 41.7 Å². The van der Waals surface area contributed by atoms with E-state index >= 15 is 0 Å². The Morgan fingerprint density at radius 3 is 2.02 bits per heavy atom. The van der Waals surface area contributed by atoms with Crippen molar-refractivity contribution in [2.24, 2.45) is 0 Å². The smallest absolute Gasteiger partial charge is 0.349 e. The molecule has 0 aliphatic heterocycles. The van der Waals surface area contributed by atoms with Crippen LogP contribution in [0.25, 0.3) is 22.3 Å². The normalized spacial score (nSPS) is 11.8. The van der Waals surface area contributed by atoms with Crippen molar-refractivity contribution in [3.8, 4) is 11.3 Å². The Bertz CT molecular complexity index is 1990. The number of nitrogens with zero attached hydrogens (tertiary/aromatic N) is 4. The Labute approximate surface area is 244 Å². The quantitative estimate of drug-likeness (QED) is 0.230. The van der Waals surface area contributed by atoms with Crippen LogP contribution in [-0.2, 0) is 38.7 Å². The van der Waals surface area contributed by atoms with Gasteiger partial charge in [0.05, 0.1) is 29.5 Å². The third kappa shape index (κ3) is 5.94. The minimum absolute atomic E-state index is 0.0794. The molecule has 0 amide bonds. The maximum Gasteiger partial charge on any atom is 0.416 e. The predicted octanol–water partition coefficient (Wildman–Crippen LogP) is 5.91. The van der Waals surface area contributed by atoms with Crippen LogP contribution in [0.15, 0.2) is 113 Å². The van der Waals surface area contributed by atoms with Gasteiger partial charge in [0, 0.05) is 24.8 Å². The molecule has 3 heterocycles. The summed E-state index contributed by atoms with van der Waals surface area (Å²) >= 11 is 0. The lowest BCUT2D eigenvalue weighted by Crippen LogP contribution is -2.40. The summed E-state index contributed by atoms with van der Waals surface area (Å²) in [5.41, 5.74) is 2.50. The molecule has 0 aliphatic carbocycles. The lowest BCUT2D eigenvalue weighted by Gasteiger charge is -2.12. The second kappa shape index (κ2) is 11.6. The number of aromatic amines is 1. The Kier molecular flexibility index (Phi) is 7.58. The van der Waals surface area contributed by atoms with E-state index in [1.54, 1.807) is 22.9 Å². The molecule has 0 radical (unpaired) electrons. The van der Waals surface area contributed by atoms with Crippen LogP contribution in [0.4, 0.5) is 13.2 Å². The Balaban J connectivity index is 1.37. The number of aromatic nitrogens is 5. The second-order valence-corrected chi connectivity index (χ2v) is 10.4. The first kappa shape index (κ1) is 28.0. The molecule has 0 unspecified atom stereocenters. The fourth-order valence-corrected chi connectivity index (χ4v) is 5.33. The highest BCUT2D eigenvalue weighted by molar-refractivity contribution is 5.82. The molecule has 3 aromatic carbocycles. The van der Waals surface area contributed by atoms with E-state index < -0.39 is 23.0 Å². The van der Waals surface area contributed by atoms with E-state index in [1.165, 1.54) is 27.6 Å². The van der Waals surface area contributed by atoms with Gasteiger partial charge in [0.1, 0.15) is 5.52 Å². The van der Waals surface area contributed by atoms with Crippen molar-refractivity contribution in [2.45, 2.75) is 38.7 Å². The second-order valence-electron chi connectivity index (χ2n) is 10.4. The number of aryl methyl sites for hydroxylation is 3. The maximum atomic E-state index is 13.7. The number of nitrogens with one attached hydrogen (secondary N) is 1. The van der Waals surface area contributed by atoms with Gasteiger partial charge in [0.2, 0.25) is 0 Å². The molecule has 0 atom stereocenters. The summed E-state index contributed by atoms with van der Waals surface area (Å²) < 4.78 is 44.8. The molecule has 0 saturated heterocycles. The summed E-state index contributed by atoms with van der Waals surface area (Å²) in [4.78, 5) is 30.5. The molecule has 7 nitrogen and oxygen atoms in total. The van der Waals surface area contributed by atoms with Crippen LogP contribution in [0.2, 0.25) is 0 Å². The molecule has 43 heavy (non-hydrogen) atoms. The molecule has 3 aromatic heterocycles. The van der Waals surface area contributed by atoms with Gasteiger partial charge in [-0.3, -0.25) is 18.6 Å². The highest BCUT2D eigenvalue weighted by Crippen LogP contribution is 2.32. The van der Waals surface area contributed by atoms with Gasteiger partial charge in [-0.2, -0.15) is 18.3 Å². The van der Waals surface area contributed by atoms with Crippen molar-refractivity contribution in [3.05, 3.63) is 146 Å². The molecule has 1 N–H and O–H groups in total. The predicted molar refractivity (Wildman–Crippen MR) is 159 cm³/mol. The molecule has 6 rings (SSSR count). The minimum atomic E-state index is -4.48. The first-order valence-electron chi connectivity index (χ1n) is 13.9. The van der Waals surface area contributed by atoms with E-state index in [1.807, 2.05) is 60.7 Å². The summed E-state index contributed by atoms with van der Waals surface area (Å²) in [6.45, 7) is 0.494. The molecule has 0 fully saturated rings. The van der Waals surface area contributed by atoms with Crippen LogP contribution in [0, 0.1) is 0 Å². The molecule has 0 spiro atoms. The van der Waals surface area contributed by atoms with Gasteiger partial charge in [0.15, 0.2) is 0 Å². The summed E-state index contributed by atoms with van der Waals surface area (Å²) in [5.74, 6) is 0. The van der Waals surface area contributed by atoms with E-state index in [2.05, 4.69) is 10.1 Å². The number of halogens is 3. The summed E-state index contributed by atoms with van der Waals surface area (Å²) in [7, 11) is 0. The van der Waals surface area contributed by atoms with Crippen molar-refractivity contribution in [1.82, 2.24) is 23.9 Å². The van der Waals surface area contributed by atoms with Crippen LogP contribution in [0.1, 0.15) is 22.3 Å². The lowest BCUT2D eigenvalue weighted by atomic mass is 10.1. The highest BCUT2D eigenvalue weighted by Gasteiger charge is 2.33.